The van der Waals surface area contributed by atoms with Crippen molar-refractivity contribution in [3.63, 3.8) is 0 Å². The van der Waals surface area contributed by atoms with Gasteiger partial charge in [0, 0.05) is 23.2 Å². The van der Waals surface area contributed by atoms with Gasteiger partial charge in [0.15, 0.2) is 0 Å². The van der Waals surface area contributed by atoms with Crippen LogP contribution in [0.15, 0.2) is 48.5 Å². The number of anilines is 1. The van der Waals surface area contributed by atoms with E-state index in [2.05, 4.69) is 16.2 Å². The molecule has 0 heterocycles. The van der Waals surface area contributed by atoms with Crippen molar-refractivity contribution in [2.24, 2.45) is 0 Å². The quantitative estimate of drug-likeness (QED) is 0.563. The molecule has 0 aliphatic heterocycles. The summed E-state index contributed by atoms with van der Waals surface area (Å²) in [6, 6.07) is 13.2. The van der Waals surface area contributed by atoms with Crippen LogP contribution >= 0.6 is 0 Å². The lowest BCUT2D eigenvalue weighted by molar-refractivity contribution is -0.116. The summed E-state index contributed by atoms with van der Waals surface area (Å²) in [5, 5.41) is 2.78. The SMILES string of the molecule is CCCCC(=O)Nc1ccc(C(=O)NNC(=O)c2cccc(OCCC)c2)cc1. The topological polar surface area (TPSA) is 96.5 Å². The fourth-order valence-electron chi connectivity index (χ4n) is 2.47. The zero-order valence-corrected chi connectivity index (χ0v) is 16.8. The number of nitrogens with one attached hydrogen (secondary N) is 3. The number of hydrazine groups is 1. The molecule has 2 rings (SSSR count). The van der Waals surface area contributed by atoms with Crippen molar-refractivity contribution in [2.45, 2.75) is 39.5 Å². The predicted octanol–water partition coefficient (Wildman–Crippen LogP) is 3.68. The lowest BCUT2D eigenvalue weighted by atomic mass is 10.2. The first-order valence-electron chi connectivity index (χ1n) is 9.77. The van der Waals surface area contributed by atoms with Crippen LogP contribution in [0.5, 0.6) is 5.75 Å². The highest BCUT2D eigenvalue weighted by molar-refractivity contribution is 5.99. The summed E-state index contributed by atoms with van der Waals surface area (Å²) in [5.41, 5.74) is 6.13. The van der Waals surface area contributed by atoms with Crippen molar-refractivity contribution in [1.82, 2.24) is 10.9 Å². The first kappa shape index (κ1) is 21.9. The van der Waals surface area contributed by atoms with E-state index in [0.29, 0.717) is 35.6 Å². The molecule has 0 unspecified atom stereocenters. The minimum atomic E-state index is -0.458. The molecule has 2 aromatic rings. The minimum absolute atomic E-state index is 0.0542. The number of amides is 3. The lowest BCUT2D eigenvalue weighted by Gasteiger charge is -2.10. The normalized spacial score (nSPS) is 10.1. The lowest BCUT2D eigenvalue weighted by Crippen LogP contribution is -2.41. The molecule has 7 heteroatoms. The van der Waals surface area contributed by atoms with Gasteiger partial charge in [0.1, 0.15) is 5.75 Å². The fourth-order valence-corrected chi connectivity index (χ4v) is 2.47. The number of carbonyl (C=O) groups is 3. The van der Waals surface area contributed by atoms with Gasteiger partial charge in [-0.05, 0) is 55.3 Å². The molecular weight excluding hydrogens is 370 g/mol. The van der Waals surface area contributed by atoms with Crippen molar-refractivity contribution in [1.29, 1.82) is 0 Å². The van der Waals surface area contributed by atoms with Crippen LogP contribution in [0.4, 0.5) is 5.69 Å². The molecule has 0 atom stereocenters. The summed E-state index contributed by atoms with van der Waals surface area (Å²) in [6.45, 7) is 4.59. The molecule has 2 aromatic carbocycles. The van der Waals surface area contributed by atoms with Crippen LogP contribution in [0.1, 0.15) is 60.2 Å². The van der Waals surface area contributed by atoms with Crippen LogP contribution in [0.2, 0.25) is 0 Å². The summed E-state index contributed by atoms with van der Waals surface area (Å²) < 4.78 is 5.50. The number of ether oxygens (including phenoxy) is 1. The molecule has 0 saturated heterocycles. The number of benzene rings is 2. The fraction of sp³-hybridized carbons (Fsp3) is 0.318. The Morgan fingerprint density at radius 1 is 0.862 bits per heavy atom. The van der Waals surface area contributed by atoms with Crippen LogP contribution in [0.25, 0.3) is 0 Å². The summed E-state index contributed by atoms with van der Waals surface area (Å²) in [4.78, 5) is 36.2. The molecule has 154 valence electrons. The zero-order valence-electron chi connectivity index (χ0n) is 16.8. The molecule has 0 spiro atoms. The van der Waals surface area contributed by atoms with Crippen molar-refractivity contribution < 1.29 is 19.1 Å². The van der Waals surface area contributed by atoms with E-state index >= 15 is 0 Å². The maximum Gasteiger partial charge on any atom is 0.269 e. The van der Waals surface area contributed by atoms with Crippen LogP contribution in [-0.4, -0.2) is 24.3 Å². The van der Waals surface area contributed by atoms with Gasteiger partial charge in [-0.3, -0.25) is 25.2 Å². The van der Waals surface area contributed by atoms with Crippen molar-refractivity contribution >= 4 is 23.4 Å². The first-order valence-corrected chi connectivity index (χ1v) is 9.77. The largest absolute Gasteiger partial charge is 0.494 e. The van der Waals surface area contributed by atoms with Crippen molar-refractivity contribution in [3.8, 4) is 5.75 Å². The molecule has 0 aromatic heterocycles. The third-order valence-electron chi connectivity index (χ3n) is 4.05. The summed E-state index contributed by atoms with van der Waals surface area (Å²) >= 11 is 0. The Kier molecular flexibility index (Phi) is 8.69. The van der Waals surface area contributed by atoms with E-state index in [1.54, 1.807) is 48.5 Å². The Morgan fingerprint density at radius 3 is 2.21 bits per heavy atom. The second-order valence-corrected chi connectivity index (χ2v) is 6.51. The summed E-state index contributed by atoms with van der Waals surface area (Å²) in [6.07, 6.45) is 3.12. The minimum Gasteiger partial charge on any atom is -0.494 e. The van der Waals surface area contributed by atoms with E-state index in [9.17, 15) is 14.4 Å². The third kappa shape index (κ3) is 7.29. The van der Waals surface area contributed by atoms with Crippen LogP contribution in [0.3, 0.4) is 0 Å². The van der Waals surface area contributed by atoms with Crippen molar-refractivity contribution in [2.75, 3.05) is 11.9 Å². The molecule has 7 nitrogen and oxygen atoms in total. The molecule has 0 aliphatic rings. The highest BCUT2D eigenvalue weighted by Crippen LogP contribution is 2.14. The predicted molar refractivity (Wildman–Crippen MR) is 112 cm³/mol. The van der Waals surface area contributed by atoms with Gasteiger partial charge >= 0.3 is 0 Å². The van der Waals surface area contributed by atoms with Crippen LogP contribution in [-0.2, 0) is 4.79 Å². The number of hydrogen-bond acceptors (Lipinski definition) is 4. The Hall–Kier alpha value is -3.35. The highest BCUT2D eigenvalue weighted by Gasteiger charge is 2.10. The Bertz CT molecular complexity index is 834. The first-order chi connectivity index (χ1) is 14.0. The van der Waals surface area contributed by atoms with Gasteiger partial charge in [-0.25, -0.2) is 0 Å². The van der Waals surface area contributed by atoms with E-state index in [1.807, 2.05) is 13.8 Å². The van der Waals surface area contributed by atoms with Gasteiger partial charge in [-0.2, -0.15) is 0 Å². The molecule has 29 heavy (non-hydrogen) atoms. The van der Waals surface area contributed by atoms with Crippen molar-refractivity contribution in [3.05, 3.63) is 59.7 Å². The van der Waals surface area contributed by atoms with Crippen LogP contribution in [0, 0.1) is 0 Å². The Labute approximate surface area is 170 Å². The molecule has 0 saturated carbocycles. The molecule has 0 aliphatic carbocycles. The van der Waals surface area contributed by atoms with Gasteiger partial charge in [0.25, 0.3) is 11.8 Å². The van der Waals surface area contributed by atoms with Gasteiger partial charge in [-0.15, -0.1) is 0 Å². The van der Waals surface area contributed by atoms with E-state index < -0.39 is 11.8 Å². The number of carbonyl (C=O) groups excluding carboxylic acids is 3. The number of rotatable bonds is 9. The van der Waals surface area contributed by atoms with E-state index in [0.717, 1.165) is 19.3 Å². The molecule has 0 fully saturated rings. The van der Waals surface area contributed by atoms with E-state index in [1.165, 1.54) is 0 Å². The van der Waals surface area contributed by atoms with Gasteiger partial charge in [0.2, 0.25) is 5.91 Å². The maximum absolute atomic E-state index is 12.2. The molecule has 0 radical (unpaired) electrons. The highest BCUT2D eigenvalue weighted by atomic mass is 16.5. The number of unbranched alkanes of at least 4 members (excludes halogenated alkanes) is 1. The molecule has 3 N–H and O–H groups in total. The average Bonchev–Trinajstić information content (AvgIpc) is 2.75. The molecule has 3 amide bonds. The Morgan fingerprint density at radius 2 is 1.55 bits per heavy atom. The van der Waals surface area contributed by atoms with E-state index in [-0.39, 0.29) is 5.91 Å². The smallest absolute Gasteiger partial charge is 0.269 e. The second kappa shape index (κ2) is 11.5. The van der Waals surface area contributed by atoms with Gasteiger partial charge in [-0.1, -0.05) is 26.3 Å². The maximum atomic E-state index is 12.2. The van der Waals surface area contributed by atoms with Crippen LogP contribution < -0.4 is 20.9 Å². The standard InChI is InChI=1S/C22H27N3O4/c1-3-5-9-20(26)23-18-12-10-16(11-13-18)21(27)24-25-22(28)17-7-6-8-19(15-17)29-14-4-2/h6-8,10-13,15H,3-5,9,14H2,1-2H3,(H,23,26)(H,24,27)(H,25,28). The molecule has 0 bridgehead atoms. The third-order valence-corrected chi connectivity index (χ3v) is 4.05. The second-order valence-electron chi connectivity index (χ2n) is 6.51. The van der Waals surface area contributed by atoms with Gasteiger partial charge in [0.05, 0.1) is 6.61 Å². The monoisotopic (exact) mass is 397 g/mol. The average molecular weight is 397 g/mol. The zero-order chi connectivity index (χ0) is 21.1. The van der Waals surface area contributed by atoms with Gasteiger partial charge < -0.3 is 10.1 Å². The summed E-state index contributed by atoms with van der Waals surface area (Å²) in [7, 11) is 0. The molecular formula is C22H27N3O4. The van der Waals surface area contributed by atoms with E-state index in [4.69, 9.17) is 4.74 Å². The Balaban J connectivity index is 1.87. The summed E-state index contributed by atoms with van der Waals surface area (Å²) in [5.74, 6) is -0.357. The number of hydrogen-bond donors (Lipinski definition) is 3.